The van der Waals surface area contributed by atoms with Gasteiger partial charge in [0.05, 0.1) is 10.6 Å². The van der Waals surface area contributed by atoms with Crippen LogP contribution in [0.25, 0.3) is 21.1 Å². The standard InChI is InChI=1S/C22H21N3O2S2/c1-15-20(29-21(23-15)19-11-7-13-28-19)22(26)25(2)12-6-10-17-14-18(24-27-17)16-8-4-3-5-9-16/h3-5,7-9,11,13-14H,6,10,12H2,1-2H3. The fraction of sp³-hybridized carbons (Fsp3) is 0.227. The van der Waals surface area contributed by atoms with E-state index in [-0.39, 0.29) is 5.91 Å². The van der Waals surface area contributed by atoms with Crippen molar-refractivity contribution in [3.05, 3.63) is 70.2 Å². The van der Waals surface area contributed by atoms with Gasteiger partial charge in [0.15, 0.2) is 0 Å². The van der Waals surface area contributed by atoms with Gasteiger partial charge in [-0.15, -0.1) is 22.7 Å². The first-order valence-corrected chi connectivity index (χ1v) is 11.1. The molecule has 7 heteroatoms. The molecule has 0 spiro atoms. The summed E-state index contributed by atoms with van der Waals surface area (Å²) in [4.78, 5) is 21.0. The van der Waals surface area contributed by atoms with Gasteiger partial charge in [0, 0.05) is 31.6 Å². The number of thiazole rings is 1. The number of carbonyl (C=O) groups is 1. The monoisotopic (exact) mass is 423 g/mol. The average molecular weight is 424 g/mol. The summed E-state index contributed by atoms with van der Waals surface area (Å²) in [5.41, 5.74) is 2.67. The molecule has 0 aliphatic carbocycles. The highest BCUT2D eigenvalue weighted by atomic mass is 32.1. The van der Waals surface area contributed by atoms with Gasteiger partial charge in [0.1, 0.15) is 21.3 Å². The van der Waals surface area contributed by atoms with E-state index < -0.39 is 0 Å². The number of carbonyl (C=O) groups excluding carboxylic acids is 1. The molecule has 4 aromatic rings. The molecule has 4 rings (SSSR count). The fourth-order valence-electron chi connectivity index (χ4n) is 3.04. The van der Waals surface area contributed by atoms with Crippen LogP contribution in [-0.2, 0) is 6.42 Å². The van der Waals surface area contributed by atoms with E-state index in [1.165, 1.54) is 11.3 Å². The van der Waals surface area contributed by atoms with Crippen molar-refractivity contribution in [1.29, 1.82) is 0 Å². The summed E-state index contributed by atoms with van der Waals surface area (Å²) in [6.07, 6.45) is 1.54. The van der Waals surface area contributed by atoms with Gasteiger partial charge in [-0.2, -0.15) is 0 Å². The maximum atomic E-state index is 12.8. The van der Waals surface area contributed by atoms with Crippen LogP contribution in [0.5, 0.6) is 0 Å². The van der Waals surface area contributed by atoms with E-state index >= 15 is 0 Å². The van der Waals surface area contributed by atoms with E-state index in [1.807, 2.05) is 67.9 Å². The molecule has 29 heavy (non-hydrogen) atoms. The second-order valence-electron chi connectivity index (χ2n) is 6.79. The Morgan fingerprint density at radius 3 is 2.76 bits per heavy atom. The number of hydrogen-bond acceptors (Lipinski definition) is 6. The van der Waals surface area contributed by atoms with Crippen molar-refractivity contribution in [2.45, 2.75) is 19.8 Å². The first-order chi connectivity index (χ1) is 14.1. The molecule has 0 aliphatic rings. The second-order valence-corrected chi connectivity index (χ2v) is 8.73. The van der Waals surface area contributed by atoms with Crippen molar-refractivity contribution in [2.75, 3.05) is 13.6 Å². The van der Waals surface area contributed by atoms with Gasteiger partial charge in [-0.25, -0.2) is 4.98 Å². The molecule has 0 saturated heterocycles. The molecule has 3 aromatic heterocycles. The lowest BCUT2D eigenvalue weighted by Gasteiger charge is -2.15. The second kappa shape index (κ2) is 8.71. The highest BCUT2D eigenvalue weighted by Gasteiger charge is 2.20. The van der Waals surface area contributed by atoms with Crippen LogP contribution in [0.2, 0.25) is 0 Å². The number of amides is 1. The number of thiophene rings is 1. The van der Waals surface area contributed by atoms with E-state index in [0.717, 1.165) is 45.4 Å². The van der Waals surface area contributed by atoms with E-state index in [1.54, 1.807) is 16.2 Å². The lowest BCUT2D eigenvalue weighted by molar-refractivity contribution is 0.0796. The molecule has 0 unspecified atom stereocenters. The molecule has 0 fully saturated rings. The zero-order valence-corrected chi connectivity index (χ0v) is 17.9. The van der Waals surface area contributed by atoms with Crippen LogP contribution in [0.4, 0.5) is 0 Å². The predicted molar refractivity (Wildman–Crippen MR) is 117 cm³/mol. The molecule has 3 heterocycles. The van der Waals surface area contributed by atoms with Crippen LogP contribution in [0, 0.1) is 6.92 Å². The molecule has 5 nitrogen and oxygen atoms in total. The highest BCUT2D eigenvalue weighted by molar-refractivity contribution is 7.22. The minimum atomic E-state index is 0.0188. The zero-order valence-electron chi connectivity index (χ0n) is 16.3. The summed E-state index contributed by atoms with van der Waals surface area (Å²) in [6, 6.07) is 16.0. The van der Waals surface area contributed by atoms with Gasteiger partial charge in [0.25, 0.3) is 5.91 Å². The van der Waals surface area contributed by atoms with Crippen LogP contribution in [0.1, 0.15) is 27.5 Å². The lowest BCUT2D eigenvalue weighted by atomic mass is 10.1. The molecular weight excluding hydrogens is 402 g/mol. The molecule has 0 atom stereocenters. The van der Waals surface area contributed by atoms with Crippen LogP contribution in [-0.4, -0.2) is 34.5 Å². The zero-order chi connectivity index (χ0) is 20.2. The third-order valence-corrected chi connectivity index (χ3v) is 6.80. The summed E-state index contributed by atoms with van der Waals surface area (Å²) >= 11 is 3.10. The molecule has 1 aromatic carbocycles. The van der Waals surface area contributed by atoms with Crippen molar-refractivity contribution < 1.29 is 9.32 Å². The summed E-state index contributed by atoms with van der Waals surface area (Å²) in [5, 5.41) is 7.07. The van der Waals surface area contributed by atoms with E-state index in [9.17, 15) is 4.79 Å². The SMILES string of the molecule is Cc1nc(-c2cccs2)sc1C(=O)N(C)CCCc1cc(-c2ccccc2)no1. The number of hydrogen-bond donors (Lipinski definition) is 0. The van der Waals surface area contributed by atoms with Gasteiger partial charge in [-0.1, -0.05) is 41.6 Å². The number of nitrogens with zero attached hydrogens (tertiary/aromatic N) is 3. The molecule has 0 aliphatic heterocycles. The van der Waals surface area contributed by atoms with Gasteiger partial charge in [0.2, 0.25) is 0 Å². The Hall–Kier alpha value is -2.77. The van der Waals surface area contributed by atoms with Crippen molar-refractivity contribution in [3.8, 4) is 21.1 Å². The molecular formula is C22H21N3O2S2. The Morgan fingerprint density at radius 1 is 1.17 bits per heavy atom. The third kappa shape index (κ3) is 4.46. The van der Waals surface area contributed by atoms with Crippen molar-refractivity contribution in [1.82, 2.24) is 15.0 Å². The average Bonchev–Trinajstić information content (AvgIpc) is 3.49. The number of benzene rings is 1. The summed E-state index contributed by atoms with van der Waals surface area (Å²) in [5.74, 6) is 0.851. The fourth-order valence-corrected chi connectivity index (χ4v) is 4.90. The third-order valence-electron chi connectivity index (χ3n) is 4.61. The van der Waals surface area contributed by atoms with E-state index in [4.69, 9.17) is 4.52 Å². The Bertz CT molecular complexity index is 1080. The smallest absolute Gasteiger partial charge is 0.265 e. The Labute approximate surface area is 177 Å². The lowest BCUT2D eigenvalue weighted by Crippen LogP contribution is -2.27. The van der Waals surface area contributed by atoms with Crippen LogP contribution in [0.3, 0.4) is 0 Å². The van der Waals surface area contributed by atoms with Crippen molar-refractivity contribution in [3.63, 3.8) is 0 Å². The van der Waals surface area contributed by atoms with Gasteiger partial charge in [-0.3, -0.25) is 4.79 Å². The normalized spacial score (nSPS) is 11.0. The first-order valence-electron chi connectivity index (χ1n) is 9.39. The molecule has 0 saturated carbocycles. The predicted octanol–water partition coefficient (Wildman–Crippen LogP) is 5.54. The molecule has 0 bridgehead atoms. The van der Waals surface area contributed by atoms with Crippen LogP contribution in [0.15, 0.2) is 58.4 Å². The maximum absolute atomic E-state index is 12.8. The van der Waals surface area contributed by atoms with Gasteiger partial charge in [-0.05, 0) is 24.8 Å². The minimum Gasteiger partial charge on any atom is -0.361 e. The molecule has 0 N–H and O–H groups in total. The Morgan fingerprint density at radius 2 is 2.00 bits per heavy atom. The van der Waals surface area contributed by atoms with E-state index in [0.29, 0.717) is 11.4 Å². The quantitative estimate of drug-likeness (QED) is 0.392. The summed E-state index contributed by atoms with van der Waals surface area (Å²) in [7, 11) is 1.84. The molecule has 1 amide bonds. The molecule has 0 radical (unpaired) electrons. The first kappa shape index (κ1) is 19.5. The van der Waals surface area contributed by atoms with Gasteiger partial charge >= 0.3 is 0 Å². The number of aromatic nitrogens is 2. The largest absolute Gasteiger partial charge is 0.361 e. The van der Waals surface area contributed by atoms with Gasteiger partial charge < -0.3 is 9.42 Å². The van der Waals surface area contributed by atoms with E-state index in [2.05, 4.69) is 10.1 Å². The number of rotatable bonds is 7. The molecule has 148 valence electrons. The van der Waals surface area contributed by atoms with Crippen molar-refractivity contribution >= 4 is 28.6 Å². The number of aryl methyl sites for hydroxylation is 2. The summed E-state index contributed by atoms with van der Waals surface area (Å²) < 4.78 is 5.45. The van der Waals surface area contributed by atoms with Crippen LogP contribution < -0.4 is 0 Å². The Balaban J connectivity index is 1.34. The van der Waals surface area contributed by atoms with Crippen LogP contribution >= 0.6 is 22.7 Å². The summed E-state index contributed by atoms with van der Waals surface area (Å²) in [6.45, 7) is 2.54. The minimum absolute atomic E-state index is 0.0188. The highest BCUT2D eigenvalue weighted by Crippen LogP contribution is 2.31. The van der Waals surface area contributed by atoms with Crippen molar-refractivity contribution in [2.24, 2.45) is 0 Å². The topological polar surface area (TPSA) is 59.2 Å². The maximum Gasteiger partial charge on any atom is 0.265 e. The Kier molecular flexibility index (Phi) is 5.87.